The van der Waals surface area contributed by atoms with Gasteiger partial charge in [-0.25, -0.2) is 4.39 Å². The molecule has 3 rings (SSSR count). The summed E-state index contributed by atoms with van der Waals surface area (Å²) in [6.45, 7) is 6.10. The van der Waals surface area contributed by atoms with Crippen LogP contribution in [0.5, 0.6) is 11.5 Å². The lowest BCUT2D eigenvalue weighted by atomic mass is 9.91. The Morgan fingerprint density at radius 3 is 2.47 bits per heavy atom. The van der Waals surface area contributed by atoms with E-state index < -0.39 is 0 Å². The van der Waals surface area contributed by atoms with Crippen molar-refractivity contribution in [3.63, 3.8) is 0 Å². The molecular weight excluding hydrogens is 383 g/mol. The molecule has 6 heteroatoms. The topological polar surface area (TPSA) is 50.8 Å². The predicted octanol–water partition coefficient (Wildman–Crippen LogP) is 4.10. The number of nitrogens with one attached hydrogen (secondary N) is 1. The van der Waals surface area contributed by atoms with Gasteiger partial charge in [0.15, 0.2) is 11.5 Å². The van der Waals surface area contributed by atoms with Crippen molar-refractivity contribution in [2.24, 2.45) is 5.92 Å². The second-order valence-electron chi connectivity index (χ2n) is 8.17. The first kappa shape index (κ1) is 22.1. The minimum Gasteiger partial charge on any atom is -0.493 e. The number of nitrogens with zero attached hydrogens (tertiary/aromatic N) is 1. The maximum atomic E-state index is 13.3. The summed E-state index contributed by atoms with van der Waals surface area (Å²) in [5, 5.41) is 3.10. The van der Waals surface area contributed by atoms with Crippen LogP contribution in [-0.2, 0) is 17.8 Å². The second-order valence-corrected chi connectivity index (χ2v) is 8.17. The quantitative estimate of drug-likeness (QED) is 0.707. The van der Waals surface area contributed by atoms with E-state index in [1.807, 2.05) is 38.1 Å². The van der Waals surface area contributed by atoms with Gasteiger partial charge in [0.1, 0.15) is 5.82 Å². The highest BCUT2D eigenvalue weighted by molar-refractivity contribution is 5.76. The van der Waals surface area contributed by atoms with Gasteiger partial charge in [0.2, 0.25) is 5.91 Å². The van der Waals surface area contributed by atoms with Crippen LogP contribution in [0.4, 0.5) is 4.39 Å². The summed E-state index contributed by atoms with van der Waals surface area (Å²) in [5.74, 6) is 1.52. The van der Waals surface area contributed by atoms with Crippen LogP contribution in [0.3, 0.4) is 0 Å². The van der Waals surface area contributed by atoms with E-state index in [2.05, 4.69) is 10.2 Å². The number of carbonyl (C=O) groups is 1. The number of hydrogen-bond donors (Lipinski definition) is 1. The molecule has 5 nitrogen and oxygen atoms in total. The zero-order valence-corrected chi connectivity index (χ0v) is 18.2. The van der Waals surface area contributed by atoms with Crippen molar-refractivity contribution in [1.29, 1.82) is 0 Å². The molecule has 1 aliphatic rings. The zero-order valence-electron chi connectivity index (χ0n) is 18.2. The summed E-state index contributed by atoms with van der Waals surface area (Å²) in [6, 6.07) is 10.6. The summed E-state index contributed by atoms with van der Waals surface area (Å²) < 4.78 is 24.3. The first-order valence-electron chi connectivity index (χ1n) is 10.4. The van der Waals surface area contributed by atoms with E-state index in [0.29, 0.717) is 36.9 Å². The molecule has 0 unspecified atom stereocenters. The Balaban J connectivity index is 1.88. The molecule has 0 spiro atoms. The third kappa shape index (κ3) is 5.30. The van der Waals surface area contributed by atoms with E-state index in [4.69, 9.17) is 9.47 Å². The van der Waals surface area contributed by atoms with Crippen LogP contribution in [0.15, 0.2) is 36.4 Å². The van der Waals surface area contributed by atoms with Crippen molar-refractivity contribution in [2.75, 3.05) is 27.3 Å². The molecule has 1 N–H and O–H groups in total. The first-order valence-corrected chi connectivity index (χ1v) is 10.4. The average Bonchev–Trinajstić information content (AvgIpc) is 2.72. The monoisotopic (exact) mass is 414 g/mol. The van der Waals surface area contributed by atoms with E-state index in [9.17, 15) is 9.18 Å². The molecule has 0 aliphatic carbocycles. The molecule has 162 valence electrons. The van der Waals surface area contributed by atoms with Crippen LogP contribution in [0, 0.1) is 11.7 Å². The highest BCUT2D eigenvalue weighted by Gasteiger charge is 2.29. The summed E-state index contributed by atoms with van der Waals surface area (Å²) in [7, 11) is 3.26. The highest BCUT2D eigenvalue weighted by Crippen LogP contribution is 2.38. The molecule has 0 saturated heterocycles. The fourth-order valence-corrected chi connectivity index (χ4v) is 3.99. The molecule has 2 aromatic rings. The van der Waals surface area contributed by atoms with Crippen LogP contribution in [0.2, 0.25) is 0 Å². The molecule has 0 saturated carbocycles. The third-order valence-corrected chi connectivity index (χ3v) is 5.50. The second kappa shape index (κ2) is 9.94. The molecule has 0 bridgehead atoms. The number of fused-ring (bicyclic) bond motifs is 1. The fourth-order valence-electron chi connectivity index (χ4n) is 3.99. The summed E-state index contributed by atoms with van der Waals surface area (Å²) >= 11 is 0. The van der Waals surface area contributed by atoms with Crippen LogP contribution in [0.1, 0.15) is 43.0 Å². The van der Waals surface area contributed by atoms with Gasteiger partial charge in [-0.2, -0.15) is 0 Å². The SMILES string of the molecule is COc1cc2c(cc1OC)[C@H](CNC(=O)CC(C)C)N(Cc1ccc(F)cc1)CC2. The Bertz CT molecular complexity index is 867. The third-order valence-electron chi connectivity index (χ3n) is 5.50. The van der Waals surface area contributed by atoms with Gasteiger partial charge < -0.3 is 14.8 Å². The van der Waals surface area contributed by atoms with Gasteiger partial charge in [0.05, 0.1) is 20.3 Å². The normalized spacial score (nSPS) is 16.3. The van der Waals surface area contributed by atoms with Gasteiger partial charge in [-0.05, 0) is 53.3 Å². The smallest absolute Gasteiger partial charge is 0.220 e. The van der Waals surface area contributed by atoms with E-state index >= 15 is 0 Å². The zero-order chi connectivity index (χ0) is 21.7. The molecule has 1 aliphatic heterocycles. The minimum atomic E-state index is -0.239. The predicted molar refractivity (Wildman–Crippen MR) is 115 cm³/mol. The van der Waals surface area contributed by atoms with Crippen LogP contribution >= 0.6 is 0 Å². The van der Waals surface area contributed by atoms with Gasteiger partial charge in [0.25, 0.3) is 0 Å². The van der Waals surface area contributed by atoms with E-state index in [1.165, 1.54) is 17.7 Å². The van der Waals surface area contributed by atoms with Gasteiger partial charge in [-0.3, -0.25) is 9.69 Å². The van der Waals surface area contributed by atoms with E-state index in [-0.39, 0.29) is 17.8 Å². The van der Waals surface area contributed by atoms with Gasteiger partial charge in [-0.1, -0.05) is 26.0 Å². The molecule has 1 heterocycles. The Morgan fingerprint density at radius 2 is 1.83 bits per heavy atom. The lowest BCUT2D eigenvalue weighted by molar-refractivity contribution is -0.122. The number of hydrogen-bond acceptors (Lipinski definition) is 4. The maximum absolute atomic E-state index is 13.3. The molecular formula is C24H31FN2O3. The summed E-state index contributed by atoms with van der Waals surface area (Å²) in [4.78, 5) is 14.6. The lowest BCUT2D eigenvalue weighted by Gasteiger charge is -2.38. The number of methoxy groups -OCH3 is 2. The van der Waals surface area contributed by atoms with Crippen molar-refractivity contribution in [1.82, 2.24) is 10.2 Å². The molecule has 30 heavy (non-hydrogen) atoms. The Kier molecular flexibility index (Phi) is 7.32. The molecule has 1 amide bonds. The first-order chi connectivity index (χ1) is 14.4. The number of carbonyl (C=O) groups excluding carboxylic acids is 1. The van der Waals surface area contributed by atoms with Crippen LogP contribution in [-0.4, -0.2) is 38.1 Å². The Hall–Kier alpha value is -2.60. The number of benzene rings is 2. The average molecular weight is 415 g/mol. The van der Waals surface area contributed by atoms with Crippen LogP contribution in [0.25, 0.3) is 0 Å². The lowest BCUT2D eigenvalue weighted by Crippen LogP contribution is -2.42. The van der Waals surface area contributed by atoms with E-state index in [1.54, 1.807) is 14.2 Å². The van der Waals surface area contributed by atoms with Crippen molar-refractivity contribution in [3.05, 3.63) is 58.9 Å². The van der Waals surface area contributed by atoms with Gasteiger partial charge in [-0.15, -0.1) is 0 Å². The van der Waals surface area contributed by atoms with Crippen molar-refractivity contribution in [2.45, 2.75) is 39.3 Å². The van der Waals surface area contributed by atoms with Gasteiger partial charge in [0, 0.05) is 26.1 Å². The molecule has 0 radical (unpaired) electrons. The van der Waals surface area contributed by atoms with Crippen molar-refractivity contribution in [3.8, 4) is 11.5 Å². The Labute approximate surface area is 178 Å². The van der Waals surface area contributed by atoms with E-state index in [0.717, 1.165) is 24.1 Å². The molecule has 0 aromatic heterocycles. The minimum absolute atomic E-state index is 0.00489. The molecule has 0 fully saturated rings. The fraction of sp³-hybridized carbons (Fsp3) is 0.458. The van der Waals surface area contributed by atoms with Crippen LogP contribution < -0.4 is 14.8 Å². The molecule has 2 aromatic carbocycles. The largest absolute Gasteiger partial charge is 0.493 e. The highest BCUT2D eigenvalue weighted by atomic mass is 19.1. The molecule has 1 atom stereocenters. The summed E-state index contributed by atoms with van der Waals surface area (Å²) in [6.07, 6.45) is 1.37. The van der Waals surface area contributed by atoms with Crippen molar-refractivity contribution >= 4 is 5.91 Å². The summed E-state index contributed by atoms with van der Waals surface area (Å²) in [5.41, 5.74) is 3.37. The number of halogens is 1. The Morgan fingerprint density at radius 1 is 1.17 bits per heavy atom. The number of amides is 1. The number of rotatable bonds is 8. The van der Waals surface area contributed by atoms with Crippen molar-refractivity contribution < 1.29 is 18.7 Å². The maximum Gasteiger partial charge on any atom is 0.220 e. The number of ether oxygens (including phenoxy) is 2. The standard InChI is InChI=1S/C24H31FN2O3/c1-16(2)11-24(28)26-14-21-20-13-23(30-4)22(29-3)12-18(20)9-10-27(21)15-17-5-7-19(25)8-6-17/h5-8,12-13,16,21H,9-11,14-15H2,1-4H3,(H,26,28)/t21-/m0/s1. The van der Waals surface area contributed by atoms with Gasteiger partial charge >= 0.3 is 0 Å².